The number of esters is 2. The van der Waals surface area contributed by atoms with Crippen molar-refractivity contribution in [3.8, 4) is 0 Å². The van der Waals surface area contributed by atoms with E-state index in [1.807, 2.05) is 0 Å². The average molecular weight is 381 g/mol. The Bertz CT molecular complexity index is 453. The Morgan fingerprint density at radius 2 is 1.22 bits per heavy atom. The van der Waals surface area contributed by atoms with Crippen molar-refractivity contribution in [1.82, 2.24) is 0 Å². The van der Waals surface area contributed by atoms with Gasteiger partial charge in [0.05, 0.1) is 6.61 Å². The highest BCUT2D eigenvalue weighted by Crippen LogP contribution is 2.16. The number of ether oxygens (including phenoxy) is 2. The number of rotatable bonds is 17. The van der Waals surface area contributed by atoms with Crippen molar-refractivity contribution < 1.29 is 19.1 Å². The molecular weight excluding hydrogens is 340 g/mol. The maximum absolute atomic E-state index is 11.8. The van der Waals surface area contributed by atoms with Gasteiger partial charge in [-0.15, -0.1) is 0 Å². The third kappa shape index (κ3) is 15.2. The predicted octanol–water partition coefficient (Wildman–Crippen LogP) is 6.29. The monoisotopic (exact) mass is 380 g/mol. The van der Waals surface area contributed by atoms with Gasteiger partial charge in [-0.05, 0) is 39.5 Å². The number of carbonyl (C=O) groups is 2. The number of unbranched alkanes of at least 4 members (excludes halogenated alkanes) is 8. The molecule has 1 atom stereocenters. The van der Waals surface area contributed by atoms with Crippen molar-refractivity contribution in [2.75, 3.05) is 6.61 Å². The van der Waals surface area contributed by atoms with Gasteiger partial charge in [-0.1, -0.05) is 71.4 Å². The second-order valence-corrected chi connectivity index (χ2v) is 7.48. The van der Waals surface area contributed by atoms with Gasteiger partial charge in [0.25, 0.3) is 0 Å². The van der Waals surface area contributed by atoms with Crippen LogP contribution in [0.15, 0.2) is 24.3 Å². The summed E-state index contributed by atoms with van der Waals surface area (Å²) >= 11 is 0. The van der Waals surface area contributed by atoms with E-state index in [9.17, 15) is 9.59 Å². The molecule has 0 aromatic carbocycles. The maximum Gasteiger partial charge on any atom is 0.333 e. The van der Waals surface area contributed by atoms with Gasteiger partial charge in [0.15, 0.2) is 0 Å². The predicted molar refractivity (Wildman–Crippen MR) is 112 cm³/mol. The van der Waals surface area contributed by atoms with E-state index >= 15 is 0 Å². The van der Waals surface area contributed by atoms with Gasteiger partial charge in [-0.25, -0.2) is 9.59 Å². The molecule has 27 heavy (non-hydrogen) atoms. The van der Waals surface area contributed by atoms with Gasteiger partial charge in [-0.3, -0.25) is 0 Å². The molecule has 156 valence electrons. The third-order valence-corrected chi connectivity index (χ3v) is 4.50. The van der Waals surface area contributed by atoms with Crippen LogP contribution in [0.1, 0.15) is 97.8 Å². The highest BCUT2D eigenvalue weighted by Gasteiger charge is 2.15. The molecule has 0 rings (SSSR count). The van der Waals surface area contributed by atoms with Crippen LogP contribution in [-0.2, 0) is 19.1 Å². The Hall–Kier alpha value is -1.58. The number of hydrogen-bond donors (Lipinski definition) is 0. The maximum atomic E-state index is 11.8. The summed E-state index contributed by atoms with van der Waals surface area (Å²) < 4.78 is 10.6. The Kier molecular flexibility index (Phi) is 15.6. The normalized spacial score (nSPS) is 11.7. The molecule has 0 saturated heterocycles. The van der Waals surface area contributed by atoms with Crippen molar-refractivity contribution in [3.05, 3.63) is 24.3 Å². The van der Waals surface area contributed by atoms with Gasteiger partial charge < -0.3 is 9.47 Å². The lowest BCUT2D eigenvalue weighted by atomic mass is 10.0. The largest absolute Gasteiger partial charge is 0.462 e. The van der Waals surface area contributed by atoms with E-state index in [4.69, 9.17) is 9.47 Å². The molecule has 0 aromatic heterocycles. The highest BCUT2D eigenvalue weighted by molar-refractivity contribution is 5.87. The molecule has 0 radical (unpaired) electrons. The molecule has 0 aliphatic heterocycles. The fraction of sp³-hybridized carbons (Fsp3) is 0.739. The first-order valence-corrected chi connectivity index (χ1v) is 10.6. The summed E-state index contributed by atoms with van der Waals surface area (Å²) in [5.41, 5.74) is 0.816. The molecule has 0 N–H and O–H groups in total. The van der Waals surface area contributed by atoms with Gasteiger partial charge in [0.2, 0.25) is 0 Å². The van der Waals surface area contributed by atoms with Gasteiger partial charge in [0, 0.05) is 11.1 Å². The van der Waals surface area contributed by atoms with Crippen molar-refractivity contribution in [2.24, 2.45) is 0 Å². The molecule has 0 amide bonds. The number of hydrogen-bond acceptors (Lipinski definition) is 4. The molecule has 1 unspecified atom stereocenters. The lowest BCUT2D eigenvalue weighted by Crippen LogP contribution is -2.19. The van der Waals surface area contributed by atoms with Crippen LogP contribution >= 0.6 is 0 Å². The minimum atomic E-state index is -0.371. The molecular formula is C23H40O4. The van der Waals surface area contributed by atoms with Crippen LogP contribution in [0.25, 0.3) is 0 Å². The summed E-state index contributed by atoms with van der Waals surface area (Å²) in [7, 11) is 0. The molecule has 4 nitrogen and oxygen atoms in total. The first-order valence-electron chi connectivity index (χ1n) is 10.6. The Labute approximate surface area is 166 Å². The van der Waals surface area contributed by atoms with E-state index in [1.54, 1.807) is 13.8 Å². The topological polar surface area (TPSA) is 52.6 Å². The minimum Gasteiger partial charge on any atom is -0.462 e. The smallest absolute Gasteiger partial charge is 0.333 e. The van der Waals surface area contributed by atoms with Crippen LogP contribution < -0.4 is 0 Å². The molecule has 0 bridgehead atoms. The second kappa shape index (κ2) is 16.6. The van der Waals surface area contributed by atoms with Crippen molar-refractivity contribution in [2.45, 2.75) is 104 Å². The quantitative estimate of drug-likeness (QED) is 0.169. The number of carbonyl (C=O) groups excluding carboxylic acids is 2. The summed E-state index contributed by atoms with van der Waals surface area (Å²) in [6, 6.07) is 0. The van der Waals surface area contributed by atoms with Crippen molar-refractivity contribution in [3.63, 3.8) is 0 Å². The molecule has 0 spiro atoms. The summed E-state index contributed by atoms with van der Waals surface area (Å²) in [6.07, 6.45) is 13.5. The second-order valence-electron chi connectivity index (χ2n) is 7.48. The average Bonchev–Trinajstić information content (AvgIpc) is 2.62. The van der Waals surface area contributed by atoms with Crippen LogP contribution in [0.2, 0.25) is 0 Å². The molecule has 0 heterocycles. The Morgan fingerprint density at radius 1 is 0.741 bits per heavy atom. The molecule has 0 aromatic rings. The lowest BCUT2D eigenvalue weighted by molar-refractivity contribution is -0.146. The first kappa shape index (κ1) is 25.4. The van der Waals surface area contributed by atoms with Crippen LogP contribution in [0.4, 0.5) is 0 Å². The Morgan fingerprint density at radius 3 is 1.74 bits per heavy atom. The van der Waals surface area contributed by atoms with E-state index in [0.29, 0.717) is 30.6 Å². The summed E-state index contributed by atoms with van der Waals surface area (Å²) in [6.45, 7) is 13.1. The van der Waals surface area contributed by atoms with E-state index < -0.39 is 0 Å². The van der Waals surface area contributed by atoms with E-state index in [0.717, 1.165) is 12.8 Å². The standard InChI is InChI=1S/C23H40O4/c1-6-7-8-9-10-11-12-13-14-16-21(27-23(25)20(4)5)17-15-18-26-22(24)19(2)3/h21H,2,4,6-18H2,1,3,5H3. The zero-order chi connectivity index (χ0) is 20.5. The third-order valence-electron chi connectivity index (χ3n) is 4.50. The molecule has 0 saturated carbocycles. The lowest BCUT2D eigenvalue weighted by Gasteiger charge is -2.18. The van der Waals surface area contributed by atoms with Gasteiger partial charge in [0.1, 0.15) is 6.10 Å². The van der Waals surface area contributed by atoms with Crippen LogP contribution in [0, 0.1) is 0 Å². The minimum absolute atomic E-state index is 0.137. The van der Waals surface area contributed by atoms with E-state index in [2.05, 4.69) is 20.1 Å². The van der Waals surface area contributed by atoms with Crippen LogP contribution in [0.3, 0.4) is 0 Å². The summed E-state index contributed by atoms with van der Waals surface area (Å²) in [5, 5.41) is 0. The SMILES string of the molecule is C=C(C)C(=O)OCCCC(CCCCCCCCCCC)OC(=O)C(=C)C. The zero-order valence-corrected chi connectivity index (χ0v) is 17.8. The van der Waals surface area contributed by atoms with Gasteiger partial charge >= 0.3 is 11.9 Å². The van der Waals surface area contributed by atoms with Crippen LogP contribution in [-0.4, -0.2) is 24.6 Å². The highest BCUT2D eigenvalue weighted by atomic mass is 16.5. The fourth-order valence-electron chi connectivity index (χ4n) is 2.80. The van der Waals surface area contributed by atoms with Crippen molar-refractivity contribution in [1.29, 1.82) is 0 Å². The molecule has 0 fully saturated rings. The van der Waals surface area contributed by atoms with E-state index in [1.165, 1.54) is 51.4 Å². The Balaban J connectivity index is 4.02. The first-order chi connectivity index (χ1) is 12.9. The zero-order valence-electron chi connectivity index (χ0n) is 17.8. The summed E-state index contributed by atoms with van der Waals surface area (Å²) in [5.74, 6) is -0.709. The molecule has 4 heteroatoms. The van der Waals surface area contributed by atoms with E-state index in [-0.39, 0.29) is 18.0 Å². The summed E-state index contributed by atoms with van der Waals surface area (Å²) in [4.78, 5) is 23.2. The molecule has 0 aliphatic carbocycles. The molecule has 0 aliphatic rings. The van der Waals surface area contributed by atoms with Gasteiger partial charge in [-0.2, -0.15) is 0 Å². The van der Waals surface area contributed by atoms with Crippen LogP contribution in [0.5, 0.6) is 0 Å². The fourth-order valence-corrected chi connectivity index (χ4v) is 2.80. The van der Waals surface area contributed by atoms with Crippen molar-refractivity contribution >= 4 is 11.9 Å².